The Morgan fingerprint density at radius 1 is 1.44 bits per heavy atom. The molecule has 1 aliphatic rings. The van der Waals surface area contributed by atoms with Crippen LogP contribution in [-0.4, -0.2) is 35.7 Å². The van der Waals surface area contributed by atoms with Crippen molar-refractivity contribution in [1.82, 2.24) is 4.90 Å². The second-order valence-corrected chi connectivity index (χ2v) is 4.83. The molecule has 96 valence electrons. The molecular formula is C15H18FNO. The molecule has 0 radical (unpaired) electrons. The summed E-state index contributed by atoms with van der Waals surface area (Å²) in [6.45, 7) is 4.46. The first-order valence-corrected chi connectivity index (χ1v) is 6.30. The van der Waals surface area contributed by atoms with E-state index in [0.717, 1.165) is 25.1 Å². The summed E-state index contributed by atoms with van der Waals surface area (Å²) in [7, 11) is 0. The average Bonchev–Trinajstić information content (AvgIpc) is 2.81. The van der Waals surface area contributed by atoms with Crippen LogP contribution in [0.5, 0.6) is 0 Å². The standard InChI is InChI=1S/C15H18FNO/c1-12(18)14-8-10-17(11-14)9-2-3-13-4-6-15(16)7-5-13/h4-7,12,14,18H,8-11H2,1H3. The zero-order chi connectivity index (χ0) is 13.0. The number of nitrogens with zero attached hydrogens (tertiary/aromatic N) is 1. The van der Waals surface area contributed by atoms with Crippen LogP contribution in [0.1, 0.15) is 18.9 Å². The number of rotatable bonds is 2. The molecule has 0 aliphatic carbocycles. The molecular weight excluding hydrogens is 229 g/mol. The van der Waals surface area contributed by atoms with Gasteiger partial charge in [-0.2, -0.15) is 0 Å². The molecule has 2 unspecified atom stereocenters. The van der Waals surface area contributed by atoms with E-state index < -0.39 is 0 Å². The molecule has 0 spiro atoms. The summed E-state index contributed by atoms with van der Waals surface area (Å²) in [5.74, 6) is 6.25. The molecule has 18 heavy (non-hydrogen) atoms. The van der Waals surface area contributed by atoms with Crippen molar-refractivity contribution >= 4 is 0 Å². The van der Waals surface area contributed by atoms with Gasteiger partial charge in [0.1, 0.15) is 5.82 Å². The SMILES string of the molecule is CC(O)C1CCN(CC#Cc2ccc(F)cc2)C1. The summed E-state index contributed by atoms with van der Waals surface area (Å²) in [5.41, 5.74) is 0.836. The van der Waals surface area contributed by atoms with Gasteiger partial charge in [-0.3, -0.25) is 4.90 Å². The first kappa shape index (κ1) is 13.1. The summed E-state index contributed by atoms with van der Waals surface area (Å²) in [6, 6.07) is 6.21. The van der Waals surface area contributed by atoms with Crippen LogP contribution in [0.3, 0.4) is 0 Å². The van der Waals surface area contributed by atoms with E-state index >= 15 is 0 Å². The molecule has 0 aromatic heterocycles. The first-order chi connectivity index (χ1) is 8.65. The fourth-order valence-corrected chi connectivity index (χ4v) is 2.19. The molecule has 1 heterocycles. The van der Waals surface area contributed by atoms with Crippen molar-refractivity contribution in [1.29, 1.82) is 0 Å². The van der Waals surface area contributed by atoms with Crippen molar-refractivity contribution in [2.24, 2.45) is 5.92 Å². The van der Waals surface area contributed by atoms with E-state index in [9.17, 15) is 9.50 Å². The average molecular weight is 247 g/mol. The van der Waals surface area contributed by atoms with Crippen LogP contribution in [0.15, 0.2) is 24.3 Å². The summed E-state index contributed by atoms with van der Waals surface area (Å²) in [5, 5.41) is 9.50. The van der Waals surface area contributed by atoms with E-state index in [1.807, 2.05) is 6.92 Å². The Bertz CT molecular complexity index is 444. The van der Waals surface area contributed by atoms with Crippen LogP contribution >= 0.6 is 0 Å². The lowest BCUT2D eigenvalue weighted by atomic mass is 10.0. The van der Waals surface area contributed by atoms with Gasteiger partial charge in [0.15, 0.2) is 0 Å². The van der Waals surface area contributed by atoms with Crippen molar-refractivity contribution in [3.63, 3.8) is 0 Å². The molecule has 2 nitrogen and oxygen atoms in total. The normalized spacial score (nSPS) is 21.4. The zero-order valence-corrected chi connectivity index (χ0v) is 10.6. The summed E-state index contributed by atoms with van der Waals surface area (Å²) < 4.78 is 12.7. The number of aliphatic hydroxyl groups is 1. The molecule has 1 N–H and O–H groups in total. The van der Waals surface area contributed by atoms with Gasteiger partial charge in [-0.25, -0.2) is 4.39 Å². The van der Waals surface area contributed by atoms with E-state index in [4.69, 9.17) is 0 Å². The van der Waals surface area contributed by atoms with Crippen LogP contribution < -0.4 is 0 Å². The van der Waals surface area contributed by atoms with Crippen molar-refractivity contribution in [3.05, 3.63) is 35.6 Å². The molecule has 1 aromatic carbocycles. The third-order valence-corrected chi connectivity index (χ3v) is 3.37. The summed E-state index contributed by atoms with van der Waals surface area (Å²) in [4.78, 5) is 2.24. The molecule has 0 bridgehead atoms. The summed E-state index contributed by atoms with van der Waals surface area (Å²) >= 11 is 0. The Labute approximate surface area is 107 Å². The third-order valence-electron chi connectivity index (χ3n) is 3.37. The molecule has 1 aliphatic heterocycles. The van der Waals surface area contributed by atoms with Crippen molar-refractivity contribution < 1.29 is 9.50 Å². The molecule has 1 saturated heterocycles. The predicted octanol–water partition coefficient (Wildman–Crippen LogP) is 1.88. The van der Waals surface area contributed by atoms with Crippen molar-refractivity contribution in [2.45, 2.75) is 19.4 Å². The summed E-state index contributed by atoms with van der Waals surface area (Å²) in [6.07, 6.45) is 0.802. The van der Waals surface area contributed by atoms with Crippen LogP contribution in [0.25, 0.3) is 0 Å². The van der Waals surface area contributed by atoms with Gasteiger partial charge in [0.05, 0.1) is 12.6 Å². The second kappa shape index (κ2) is 5.99. The van der Waals surface area contributed by atoms with Crippen molar-refractivity contribution in [2.75, 3.05) is 19.6 Å². The first-order valence-electron chi connectivity index (χ1n) is 6.30. The fourth-order valence-electron chi connectivity index (χ4n) is 2.19. The van der Waals surface area contributed by atoms with Gasteiger partial charge < -0.3 is 5.11 Å². The molecule has 1 aromatic rings. The topological polar surface area (TPSA) is 23.5 Å². The number of hydrogen-bond acceptors (Lipinski definition) is 2. The highest BCUT2D eigenvalue weighted by molar-refractivity contribution is 5.34. The number of hydrogen-bond donors (Lipinski definition) is 1. The maximum absolute atomic E-state index is 12.7. The predicted molar refractivity (Wildman–Crippen MR) is 69.5 cm³/mol. The van der Waals surface area contributed by atoms with Gasteiger partial charge in [-0.1, -0.05) is 11.8 Å². The quantitative estimate of drug-likeness (QED) is 0.807. The monoisotopic (exact) mass is 247 g/mol. The number of benzene rings is 1. The van der Waals surface area contributed by atoms with Crippen LogP contribution in [0, 0.1) is 23.6 Å². The van der Waals surface area contributed by atoms with Crippen LogP contribution in [-0.2, 0) is 0 Å². The Balaban J connectivity index is 1.84. The lowest BCUT2D eigenvalue weighted by Crippen LogP contribution is -2.24. The van der Waals surface area contributed by atoms with E-state index in [-0.39, 0.29) is 11.9 Å². The number of aliphatic hydroxyl groups excluding tert-OH is 1. The Morgan fingerprint density at radius 2 is 2.17 bits per heavy atom. The highest BCUT2D eigenvalue weighted by Gasteiger charge is 2.24. The molecule has 2 rings (SSSR count). The zero-order valence-electron chi connectivity index (χ0n) is 10.6. The second-order valence-electron chi connectivity index (χ2n) is 4.83. The van der Waals surface area contributed by atoms with Gasteiger partial charge in [0.2, 0.25) is 0 Å². The Hall–Kier alpha value is -1.37. The Morgan fingerprint density at radius 3 is 2.78 bits per heavy atom. The lowest BCUT2D eigenvalue weighted by Gasteiger charge is -2.14. The van der Waals surface area contributed by atoms with Crippen molar-refractivity contribution in [3.8, 4) is 11.8 Å². The third kappa shape index (κ3) is 3.56. The van der Waals surface area contributed by atoms with Gasteiger partial charge in [-0.15, -0.1) is 0 Å². The number of halogens is 1. The molecule has 0 saturated carbocycles. The highest BCUT2D eigenvalue weighted by atomic mass is 19.1. The maximum atomic E-state index is 12.7. The van der Waals surface area contributed by atoms with E-state index in [1.54, 1.807) is 12.1 Å². The minimum Gasteiger partial charge on any atom is -0.393 e. The highest BCUT2D eigenvalue weighted by Crippen LogP contribution is 2.18. The van der Waals surface area contributed by atoms with E-state index in [2.05, 4.69) is 16.7 Å². The molecule has 0 amide bonds. The molecule has 2 atom stereocenters. The van der Waals surface area contributed by atoms with Gasteiger partial charge >= 0.3 is 0 Å². The minimum absolute atomic E-state index is 0.236. The van der Waals surface area contributed by atoms with Gasteiger partial charge in [-0.05, 0) is 50.1 Å². The largest absolute Gasteiger partial charge is 0.393 e. The lowest BCUT2D eigenvalue weighted by molar-refractivity contribution is 0.129. The van der Waals surface area contributed by atoms with Gasteiger partial charge in [0, 0.05) is 12.1 Å². The molecule has 3 heteroatoms. The maximum Gasteiger partial charge on any atom is 0.123 e. The smallest absolute Gasteiger partial charge is 0.123 e. The minimum atomic E-state index is -0.236. The molecule has 1 fully saturated rings. The van der Waals surface area contributed by atoms with E-state index in [0.29, 0.717) is 12.5 Å². The fraction of sp³-hybridized carbons (Fsp3) is 0.467. The van der Waals surface area contributed by atoms with Gasteiger partial charge in [0.25, 0.3) is 0 Å². The van der Waals surface area contributed by atoms with E-state index in [1.165, 1.54) is 12.1 Å². The Kier molecular flexibility index (Phi) is 4.35. The van der Waals surface area contributed by atoms with Crippen LogP contribution in [0.4, 0.5) is 4.39 Å². The van der Waals surface area contributed by atoms with Crippen LogP contribution in [0.2, 0.25) is 0 Å². The number of likely N-dealkylation sites (tertiary alicyclic amines) is 1.